The summed E-state index contributed by atoms with van der Waals surface area (Å²) in [6.45, 7) is 2.42. The molecule has 0 bridgehead atoms. The fourth-order valence-corrected chi connectivity index (χ4v) is 3.28. The third kappa shape index (κ3) is 3.81. The molecular weight excluding hydrogens is 342 g/mol. The molecule has 1 amide bonds. The second kappa shape index (κ2) is 7.57. The van der Waals surface area contributed by atoms with E-state index in [0.29, 0.717) is 17.4 Å². The Morgan fingerprint density at radius 1 is 1.07 bits per heavy atom. The van der Waals surface area contributed by atoms with E-state index < -0.39 is 0 Å². The fraction of sp³-hybridized carbons (Fsp3) is 0.300. The lowest BCUT2D eigenvalue weighted by Gasteiger charge is -2.16. The molecule has 0 atom stereocenters. The van der Waals surface area contributed by atoms with Gasteiger partial charge in [-0.05, 0) is 36.6 Å². The van der Waals surface area contributed by atoms with E-state index in [4.69, 9.17) is 0 Å². The normalized spacial score (nSPS) is 13.9. The molecular formula is C20H21N5O2. The third-order valence-electron chi connectivity index (χ3n) is 4.77. The van der Waals surface area contributed by atoms with Crippen LogP contribution in [0, 0.1) is 0 Å². The van der Waals surface area contributed by atoms with Crippen LogP contribution in [0.5, 0.6) is 0 Å². The number of nitrogens with zero attached hydrogens (tertiary/aromatic N) is 4. The van der Waals surface area contributed by atoms with Gasteiger partial charge in [0.05, 0.1) is 17.2 Å². The molecule has 1 fully saturated rings. The molecule has 0 spiro atoms. The van der Waals surface area contributed by atoms with Crippen LogP contribution in [-0.4, -0.2) is 33.5 Å². The van der Waals surface area contributed by atoms with Crippen LogP contribution in [0.4, 0.5) is 5.82 Å². The molecule has 4 rings (SSSR count). The van der Waals surface area contributed by atoms with Gasteiger partial charge in [-0.2, -0.15) is 0 Å². The van der Waals surface area contributed by atoms with Gasteiger partial charge in [0.1, 0.15) is 12.4 Å². The maximum absolute atomic E-state index is 12.4. The minimum atomic E-state index is -0.238. The van der Waals surface area contributed by atoms with Crippen molar-refractivity contribution in [2.75, 3.05) is 18.0 Å². The summed E-state index contributed by atoms with van der Waals surface area (Å²) in [6, 6.07) is 11.1. The van der Waals surface area contributed by atoms with E-state index in [0.717, 1.165) is 24.5 Å². The summed E-state index contributed by atoms with van der Waals surface area (Å²) in [4.78, 5) is 35.6. The predicted octanol–water partition coefficient (Wildman–Crippen LogP) is 1.71. The summed E-state index contributed by atoms with van der Waals surface area (Å²) >= 11 is 0. The van der Waals surface area contributed by atoms with E-state index in [1.54, 1.807) is 24.4 Å². The molecule has 2 aromatic heterocycles. The molecule has 1 N–H and O–H groups in total. The zero-order valence-corrected chi connectivity index (χ0v) is 15.0. The summed E-state index contributed by atoms with van der Waals surface area (Å²) in [6.07, 6.45) is 5.62. The number of para-hydroxylation sites is 1. The summed E-state index contributed by atoms with van der Waals surface area (Å²) < 4.78 is 1.33. The number of anilines is 1. The van der Waals surface area contributed by atoms with Crippen molar-refractivity contribution >= 4 is 22.6 Å². The quantitative estimate of drug-likeness (QED) is 0.746. The number of aromatic nitrogens is 3. The van der Waals surface area contributed by atoms with Gasteiger partial charge in [0.2, 0.25) is 5.91 Å². The van der Waals surface area contributed by atoms with Gasteiger partial charge in [-0.15, -0.1) is 0 Å². The highest BCUT2D eigenvalue weighted by atomic mass is 16.2. The Kier molecular flexibility index (Phi) is 4.82. The molecule has 7 heteroatoms. The van der Waals surface area contributed by atoms with Crippen LogP contribution in [0.2, 0.25) is 0 Å². The lowest BCUT2D eigenvalue weighted by atomic mass is 10.2. The van der Waals surface area contributed by atoms with Gasteiger partial charge < -0.3 is 10.2 Å². The monoisotopic (exact) mass is 363 g/mol. The Balaban J connectivity index is 1.37. The first-order valence-electron chi connectivity index (χ1n) is 9.11. The van der Waals surface area contributed by atoms with Gasteiger partial charge in [0.15, 0.2) is 0 Å². The Morgan fingerprint density at radius 2 is 1.89 bits per heavy atom. The molecule has 1 aromatic carbocycles. The van der Waals surface area contributed by atoms with Gasteiger partial charge in [0, 0.05) is 25.8 Å². The molecule has 0 radical (unpaired) electrons. The van der Waals surface area contributed by atoms with E-state index >= 15 is 0 Å². The molecule has 1 aliphatic rings. The van der Waals surface area contributed by atoms with Gasteiger partial charge >= 0.3 is 0 Å². The number of fused-ring (bicyclic) bond motifs is 1. The number of hydrogen-bond acceptors (Lipinski definition) is 5. The minimum absolute atomic E-state index is 0.0596. The van der Waals surface area contributed by atoms with E-state index in [9.17, 15) is 9.59 Å². The molecule has 138 valence electrons. The summed E-state index contributed by atoms with van der Waals surface area (Å²) in [5.74, 6) is 0.745. The molecule has 0 saturated carbocycles. The van der Waals surface area contributed by atoms with Crippen LogP contribution in [0.1, 0.15) is 18.4 Å². The Morgan fingerprint density at radius 3 is 2.67 bits per heavy atom. The number of carbonyl (C=O) groups is 1. The fourth-order valence-electron chi connectivity index (χ4n) is 3.28. The Bertz CT molecular complexity index is 1010. The maximum atomic E-state index is 12.4. The maximum Gasteiger partial charge on any atom is 0.261 e. The molecule has 7 nitrogen and oxygen atoms in total. The number of rotatable bonds is 5. The third-order valence-corrected chi connectivity index (χ3v) is 4.77. The highest BCUT2D eigenvalue weighted by molar-refractivity contribution is 5.78. The van der Waals surface area contributed by atoms with E-state index in [-0.39, 0.29) is 18.0 Å². The van der Waals surface area contributed by atoms with Gasteiger partial charge in [-0.25, -0.2) is 9.97 Å². The average molecular weight is 363 g/mol. The van der Waals surface area contributed by atoms with E-state index in [1.165, 1.54) is 23.7 Å². The number of pyridine rings is 1. The van der Waals surface area contributed by atoms with Crippen LogP contribution >= 0.6 is 0 Å². The van der Waals surface area contributed by atoms with Crippen molar-refractivity contribution in [1.82, 2.24) is 19.9 Å². The van der Waals surface area contributed by atoms with Crippen molar-refractivity contribution in [2.24, 2.45) is 0 Å². The smallest absolute Gasteiger partial charge is 0.261 e. The van der Waals surface area contributed by atoms with Crippen molar-refractivity contribution in [3.05, 3.63) is 64.8 Å². The summed E-state index contributed by atoms with van der Waals surface area (Å²) in [7, 11) is 0. The van der Waals surface area contributed by atoms with Crippen LogP contribution < -0.4 is 15.8 Å². The SMILES string of the molecule is O=C(Cn1cnc2ccccc2c1=O)NCc1ccc(N2CCCC2)nc1. The number of carbonyl (C=O) groups excluding carboxylic acids is 1. The molecule has 1 aliphatic heterocycles. The lowest BCUT2D eigenvalue weighted by Crippen LogP contribution is -2.32. The van der Waals surface area contributed by atoms with Crippen molar-refractivity contribution < 1.29 is 4.79 Å². The van der Waals surface area contributed by atoms with Crippen molar-refractivity contribution in [3.8, 4) is 0 Å². The van der Waals surface area contributed by atoms with E-state index in [1.807, 2.05) is 18.2 Å². The molecule has 0 aliphatic carbocycles. The first kappa shape index (κ1) is 17.2. The van der Waals surface area contributed by atoms with E-state index in [2.05, 4.69) is 20.2 Å². The Hall–Kier alpha value is -3.22. The summed E-state index contributed by atoms with van der Waals surface area (Å²) in [5, 5.41) is 3.34. The van der Waals surface area contributed by atoms with Crippen LogP contribution in [-0.2, 0) is 17.9 Å². The van der Waals surface area contributed by atoms with Gasteiger partial charge in [0.25, 0.3) is 5.56 Å². The molecule has 27 heavy (non-hydrogen) atoms. The number of nitrogens with one attached hydrogen (secondary N) is 1. The zero-order chi connectivity index (χ0) is 18.6. The number of benzene rings is 1. The Labute approximate surface area is 156 Å². The standard InChI is InChI=1S/C20H21N5O2/c26-19(13-25-14-23-17-6-2-1-5-16(17)20(25)27)22-12-15-7-8-18(21-11-15)24-9-3-4-10-24/h1-2,5-8,11,14H,3-4,9-10,12-13H2,(H,22,26). The largest absolute Gasteiger partial charge is 0.357 e. The average Bonchev–Trinajstić information content (AvgIpc) is 3.24. The van der Waals surface area contributed by atoms with Crippen molar-refractivity contribution in [3.63, 3.8) is 0 Å². The lowest BCUT2D eigenvalue weighted by molar-refractivity contribution is -0.121. The van der Waals surface area contributed by atoms with Gasteiger partial charge in [-0.3, -0.25) is 14.2 Å². The van der Waals surface area contributed by atoms with Crippen LogP contribution in [0.15, 0.2) is 53.7 Å². The highest BCUT2D eigenvalue weighted by Crippen LogP contribution is 2.17. The van der Waals surface area contributed by atoms with Crippen molar-refractivity contribution in [1.29, 1.82) is 0 Å². The molecule has 3 heterocycles. The number of amides is 1. The first-order valence-corrected chi connectivity index (χ1v) is 9.11. The first-order chi connectivity index (χ1) is 13.2. The van der Waals surface area contributed by atoms with Crippen LogP contribution in [0.3, 0.4) is 0 Å². The van der Waals surface area contributed by atoms with Crippen molar-refractivity contribution in [2.45, 2.75) is 25.9 Å². The minimum Gasteiger partial charge on any atom is -0.357 e. The zero-order valence-electron chi connectivity index (χ0n) is 15.0. The topological polar surface area (TPSA) is 80.1 Å². The number of hydrogen-bond donors (Lipinski definition) is 1. The second-order valence-electron chi connectivity index (χ2n) is 6.69. The van der Waals surface area contributed by atoms with Gasteiger partial charge in [-0.1, -0.05) is 18.2 Å². The highest BCUT2D eigenvalue weighted by Gasteiger charge is 2.13. The molecule has 1 saturated heterocycles. The molecule has 3 aromatic rings. The molecule has 0 unspecified atom stereocenters. The summed E-state index contributed by atoms with van der Waals surface area (Å²) in [5.41, 5.74) is 1.34. The van der Waals surface area contributed by atoms with Crippen LogP contribution in [0.25, 0.3) is 10.9 Å². The second-order valence-corrected chi connectivity index (χ2v) is 6.69. The predicted molar refractivity (Wildman–Crippen MR) is 104 cm³/mol.